The first-order valence-electron chi connectivity index (χ1n) is 4.60. The average Bonchev–Trinajstić information content (AvgIpc) is 3.01. The van der Waals surface area contributed by atoms with Crippen LogP contribution in [0, 0.1) is 5.92 Å². The number of benzene rings is 1. The second-order valence-electron chi connectivity index (χ2n) is 3.49. The van der Waals surface area contributed by atoms with Crippen molar-refractivity contribution in [2.24, 2.45) is 5.92 Å². The predicted octanol–water partition coefficient (Wildman–Crippen LogP) is 2.94. The lowest BCUT2D eigenvalue weighted by molar-refractivity contribution is 0.0967. The molecule has 0 saturated heterocycles. The topological polar surface area (TPSA) is 26.3 Å². The molecule has 0 bridgehead atoms. The average molecular weight is 211 g/mol. The summed E-state index contributed by atoms with van der Waals surface area (Å²) in [5, 5.41) is 0.542. The maximum absolute atomic E-state index is 11.7. The summed E-state index contributed by atoms with van der Waals surface area (Å²) in [5.74, 6) is 1.01. The van der Waals surface area contributed by atoms with E-state index in [0.717, 1.165) is 12.8 Å². The van der Waals surface area contributed by atoms with Crippen LogP contribution in [0.25, 0.3) is 0 Å². The Balaban J connectivity index is 2.29. The first-order chi connectivity index (χ1) is 6.72. The summed E-state index contributed by atoms with van der Waals surface area (Å²) in [4.78, 5) is 11.7. The number of ether oxygens (including phenoxy) is 1. The molecule has 1 aliphatic carbocycles. The van der Waals surface area contributed by atoms with E-state index in [1.807, 2.05) is 0 Å². The molecule has 1 aromatic carbocycles. The van der Waals surface area contributed by atoms with E-state index in [4.69, 9.17) is 16.3 Å². The largest absolute Gasteiger partial charge is 0.495 e. The van der Waals surface area contributed by atoms with E-state index < -0.39 is 0 Å². The highest BCUT2D eigenvalue weighted by Gasteiger charge is 2.30. The Labute approximate surface area is 87.8 Å². The number of ketones is 1. The Bertz CT molecular complexity index is 370. The zero-order valence-electron chi connectivity index (χ0n) is 7.92. The van der Waals surface area contributed by atoms with Gasteiger partial charge in [-0.1, -0.05) is 11.6 Å². The van der Waals surface area contributed by atoms with Gasteiger partial charge in [-0.25, -0.2) is 0 Å². The van der Waals surface area contributed by atoms with Crippen LogP contribution >= 0.6 is 11.6 Å². The van der Waals surface area contributed by atoms with Crippen LogP contribution in [0.1, 0.15) is 23.2 Å². The van der Waals surface area contributed by atoms with Crippen LogP contribution in [0.15, 0.2) is 18.2 Å². The SMILES string of the molecule is COc1cc(C(=O)C2CC2)ccc1Cl. The number of hydrogen-bond acceptors (Lipinski definition) is 2. The van der Waals surface area contributed by atoms with Gasteiger partial charge in [-0.3, -0.25) is 4.79 Å². The molecule has 1 aromatic rings. The van der Waals surface area contributed by atoms with Gasteiger partial charge in [-0.2, -0.15) is 0 Å². The van der Waals surface area contributed by atoms with Crippen LogP contribution in [0.5, 0.6) is 5.75 Å². The molecule has 0 aliphatic heterocycles. The molecule has 1 saturated carbocycles. The minimum Gasteiger partial charge on any atom is -0.495 e. The van der Waals surface area contributed by atoms with E-state index in [-0.39, 0.29) is 11.7 Å². The normalized spacial score (nSPS) is 15.3. The summed E-state index contributed by atoms with van der Waals surface area (Å²) in [5.41, 5.74) is 0.703. The molecule has 0 aromatic heterocycles. The second-order valence-corrected chi connectivity index (χ2v) is 3.90. The molecule has 2 nitrogen and oxygen atoms in total. The molecule has 0 radical (unpaired) electrons. The number of hydrogen-bond donors (Lipinski definition) is 0. The molecule has 74 valence electrons. The van der Waals surface area contributed by atoms with Crippen molar-refractivity contribution in [3.05, 3.63) is 28.8 Å². The smallest absolute Gasteiger partial charge is 0.166 e. The van der Waals surface area contributed by atoms with Gasteiger partial charge in [-0.05, 0) is 31.0 Å². The monoisotopic (exact) mass is 210 g/mol. The molecule has 1 aliphatic rings. The molecule has 0 atom stereocenters. The predicted molar refractivity (Wildman–Crippen MR) is 55.1 cm³/mol. The van der Waals surface area contributed by atoms with Gasteiger partial charge < -0.3 is 4.74 Å². The van der Waals surface area contributed by atoms with Crippen LogP contribution in [0.4, 0.5) is 0 Å². The Hall–Kier alpha value is -1.02. The number of methoxy groups -OCH3 is 1. The van der Waals surface area contributed by atoms with Gasteiger partial charge in [0.25, 0.3) is 0 Å². The van der Waals surface area contributed by atoms with E-state index >= 15 is 0 Å². The summed E-state index contributed by atoms with van der Waals surface area (Å²) in [7, 11) is 1.55. The molecular formula is C11H11ClO2. The lowest BCUT2D eigenvalue weighted by Crippen LogP contribution is -2.01. The molecule has 2 rings (SSSR count). The van der Waals surface area contributed by atoms with E-state index in [1.165, 1.54) is 0 Å². The third-order valence-corrected chi connectivity index (χ3v) is 2.70. The van der Waals surface area contributed by atoms with Crippen molar-refractivity contribution in [1.29, 1.82) is 0 Å². The molecule has 1 fully saturated rings. The number of carbonyl (C=O) groups excluding carboxylic acids is 1. The van der Waals surface area contributed by atoms with Crippen molar-refractivity contribution in [2.45, 2.75) is 12.8 Å². The van der Waals surface area contributed by atoms with Crippen LogP contribution < -0.4 is 4.74 Å². The van der Waals surface area contributed by atoms with Crippen LogP contribution in [0.3, 0.4) is 0 Å². The molecule has 0 amide bonds. The molecule has 0 heterocycles. The third-order valence-electron chi connectivity index (χ3n) is 2.38. The molecule has 3 heteroatoms. The Morgan fingerprint density at radius 2 is 2.21 bits per heavy atom. The van der Waals surface area contributed by atoms with Crippen LogP contribution in [-0.2, 0) is 0 Å². The Morgan fingerprint density at radius 3 is 2.79 bits per heavy atom. The van der Waals surface area contributed by atoms with Crippen molar-refractivity contribution in [1.82, 2.24) is 0 Å². The van der Waals surface area contributed by atoms with Gasteiger partial charge in [-0.15, -0.1) is 0 Å². The quantitative estimate of drug-likeness (QED) is 0.717. The molecule has 0 spiro atoms. The van der Waals surface area contributed by atoms with Crippen molar-refractivity contribution < 1.29 is 9.53 Å². The van der Waals surface area contributed by atoms with Gasteiger partial charge in [0, 0.05) is 11.5 Å². The third kappa shape index (κ3) is 1.75. The van der Waals surface area contributed by atoms with Crippen LogP contribution in [0.2, 0.25) is 5.02 Å². The standard InChI is InChI=1S/C11H11ClO2/c1-14-10-6-8(4-5-9(10)12)11(13)7-2-3-7/h4-7H,2-3H2,1H3. The van der Waals surface area contributed by atoms with Gasteiger partial charge in [0.2, 0.25) is 0 Å². The van der Waals surface area contributed by atoms with Gasteiger partial charge in [0.1, 0.15) is 5.75 Å². The number of carbonyl (C=O) groups is 1. The number of halogens is 1. The van der Waals surface area contributed by atoms with E-state index in [1.54, 1.807) is 25.3 Å². The maximum Gasteiger partial charge on any atom is 0.166 e. The first-order valence-corrected chi connectivity index (χ1v) is 4.98. The Morgan fingerprint density at radius 1 is 1.50 bits per heavy atom. The summed E-state index contributed by atoms with van der Waals surface area (Å²) in [6.45, 7) is 0. The first kappa shape index (κ1) is 9.53. The fraction of sp³-hybridized carbons (Fsp3) is 0.364. The highest BCUT2D eigenvalue weighted by Crippen LogP contribution is 2.34. The van der Waals surface area contributed by atoms with E-state index in [9.17, 15) is 4.79 Å². The minimum absolute atomic E-state index is 0.208. The van der Waals surface area contributed by atoms with Gasteiger partial charge >= 0.3 is 0 Å². The number of Topliss-reactive ketones (excluding diaryl/α,β-unsaturated/α-hetero) is 1. The Kier molecular flexibility index (Phi) is 2.46. The lowest BCUT2D eigenvalue weighted by Gasteiger charge is -2.04. The second kappa shape index (κ2) is 3.62. The van der Waals surface area contributed by atoms with Crippen molar-refractivity contribution >= 4 is 17.4 Å². The summed E-state index contributed by atoms with van der Waals surface area (Å²) < 4.78 is 5.05. The minimum atomic E-state index is 0.208. The summed E-state index contributed by atoms with van der Waals surface area (Å²) in [6, 6.07) is 5.17. The molecular weight excluding hydrogens is 200 g/mol. The highest BCUT2D eigenvalue weighted by atomic mass is 35.5. The van der Waals surface area contributed by atoms with Crippen molar-refractivity contribution in [3.63, 3.8) is 0 Å². The number of rotatable bonds is 3. The fourth-order valence-electron chi connectivity index (χ4n) is 1.39. The van der Waals surface area contributed by atoms with E-state index in [0.29, 0.717) is 16.3 Å². The summed E-state index contributed by atoms with van der Waals surface area (Å²) >= 11 is 5.86. The van der Waals surface area contributed by atoms with Gasteiger partial charge in [0.05, 0.1) is 12.1 Å². The van der Waals surface area contributed by atoms with Crippen molar-refractivity contribution in [3.8, 4) is 5.75 Å². The van der Waals surface area contributed by atoms with Crippen LogP contribution in [-0.4, -0.2) is 12.9 Å². The summed E-state index contributed by atoms with van der Waals surface area (Å²) in [6.07, 6.45) is 2.04. The zero-order chi connectivity index (χ0) is 10.1. The highest BCUT2D eigenvalue weighted by molar-refractivity contribution is 6.32. The molecule has 0 N–H and O–H groups in total. The molecule has 14 heavy (non-hydrogen) atoms. The van der Waals surface area contributed by atoms with E-state index in [2.05, 4.69) is 0 Å². The fourth-order valence-corrected chi connectivity index (χ4v) is 1.59. The lowest BCUT2D eigenvalue weighted by atomic mass is 10.1. The maximum atomic E-state index is 11.7. The zero-order valence-corrected chi connectivity index (χ0v) is 8.67. The van der Waals surface area contributed by atoms with Gasteiger partial charge in [0.15, 0.2) is 5.78 Å². The van der Waals surface area contributed by atoms with Crippen molar-refractivity contribution in [2.75, 3.05) is 7.11 Å². The molecule has 0 unspecified atom stereocenters.